The summed E-state index contributed by atoms with van der Waals surface area (Å²) in [5.41, 5.74) is 3.64. The van der Waals surface area contributed by atoms with Crippen molar-refractivity contribution in [3.05, 3.63) is 53.6 Å². The van der Waals surface area contributed by atoms with E-state index in [-0.39, 0.29) is 5.91 Å². The van der Waals surface area contributed by atoms with Crippen LogP contribution in [-0.2, 0) is 10.5 Å². The summed E-state index contributed by atoms with van der Waals surface area (Å²) >= 11 is 3.42. The van der Waals surface area contributed by atoms with Crippen LogP contribution >= 0.6 is 23.1 Å². The second-order valence-electron chi connectivity index (χ2n) is 6.36. The van der Waals surface area contributed by atoms with E-state index >= 15 is 0 Å². The normalized spacial score (nSPS) is 14.5. The molecule has 140 valence electrons. The number of rotatable bonds is 5. The van der Waals surface area contributed by atoms with E-state index in [4.69, 9.17) is 9.72 Å². The van der Waals surface area contributed by atoms with E-state index in [0.717, 1.165) is 53.1 Å². The van der Waals surface area contributed by atoms with Crippen LogP contribution in [0.25, 0.3) is 10.2 Å². The molecule has 1 saturated heterocycles. The Bertz CT molecular complexity index is 934. The van der Waals surface area contributed by atoms with Crippen molar-refractivity contribution in [1.29, 1.82) is 0 Å². The van der Waals surface area contributed by atoms with E-state index < -0.39 is 0 Å². The third kappa shape index (κ3) is 4.26. The number of amides is 1. The molecule has 1 fully saturated rings. The molecule has 4 rings (SSSR count). The Labute approximate surface area is 166 Å². The van der Waals surface area contributed by atoms with E-state index in [0.29, 0.717) is 5.56 Å². The Hall–Kier alpha value is -2.09. The van der Waals surface area contributed by atoms with Crippen LogP contribution < -0.4 is 10.2 Å². The molecule has 27 heavy (non-hydrogen) atoms. The summed E-state index contributed by atoms with van der Waals surface area (Å²) in [6.45, 7) is 3.23. The second-order valence-corrected chi connectivity index (χ2v) is 8.24. The number of carbonyl (C=O) groups is 1. The summed E-state index contributed by atoms with van der Waals surface area (Å²) in [4.78, 5) is 19.5. The van der Waals surface area contributed by atoms with Crippen molar-refractivity contribution in [2.75, 3.05) is 42.8 Å². The quantitative estimate of drug-likeness (QED) is 0.695. The van der Waals surface area contributed by atoms with Gasteiger partial charge in [0, 0.05) is 30.1 Å². The first kappa shape index (κ1) is 18.3. The van der Waals surface area contributed by atoms with Crippen molar-refractivity contribution in [3.63, 3.8) is 0 Å². The number of fused-ring (bicyclic) bond motifs is 1. The molecule has 0 bridgehead atoms. The zero-order valence-electron chi connectivity index (χ0n) is 15.1. The fourth-order valence-corrected chi connectivity index (χ4v) is 4.58. The summed E-state index contributed by atoms with van der Waals surface area (Å²) in [6, 6.07) is 13.6. The van der Waals surface area contributed by atoms with Crippen LogP contribution in [0, 0.1) is 0 Å². The van der Waals surface area contributed by atoms with Gasteiger partial charge >= 0.3 is 0 Å². The maximum atomic E-state index is 12.5. The van der Waals surface area contributed by atoms with Gasteiger partial charge in [-0.15, -0.1) is 0 Å². The molecule has 0 unspecified atom stereocenters. The van der Waals surface area contributed by atoms with Crippen LogP contribution in [0.15, 0.2) is 42.5 Å². The SMILES string of the molecule is CSCc1ccc(C(=O)Nc2ccc3nc(N4CCOCC4)sc3c2)cc1. The first-order chi connectivity index (χ1) is 13.2. The van der Waals surface area contributed by atoms with E-state index in [1.54, 1.807) is 23.1 Å². The fraction of sp³-hybridized carbons (Fsp3) is 0.300. The average Bonchev–Trinajstić information content (AvgIpc) is 3.13. The molecule has 2 heterocycles. The predicted molar refractivity (Wildman–Crippen MR) is 114 cm³/mol. The van der Waals surface area contributed by atoms with Crippen LogP contribution in [0.4, 0.5) is 10.8 Å². The van der Waals surface area contributed by atoms with Gasteiger partial charge in [-0.2, -0.15) is 11.8 Å². The highest BCUT2D eigenvalue weighted by Gasteiger charge is 2.16. The Balaban J connectivity index is 1.49. The lowest BCUT2D eigenvalue weighted by Gasteiger charge is -2.25. The number of benzene rings is 2. The molecule has 7 heteroatoms. The molecule has 1 aliphatic rings. The van der Waals surface area contributed by atoms with Crippen molar-refractivity contribution >= 4 is 50.0 Å². The maximum Gasteiger partial charge on any atom is 0.255 e. The molecule has 0 aliphatic carbocycles. The van der Waals surface area contributed by atoms with Crippen LogP contribution in [0.1, 0.15) is 15.9 Å². The minimum atomic E-state index is -0.0945. The van der Waals surface area contributed by atoms with Gasteiger partial charge in [-0.25, -0.2) is 4.98 Å². The molecule has 5 nitrogen and oxygen atoms in total. The average molecular weight is 400 g/mol. The number of aromatic nitrogens is 1. The Morgan fingerprint density at radius 3 is 2.74 bits per heavy atom. The minimum absolute atomic E-state index is 0.0945. The minimum Gasteiger partial charge on any atom is -0.378 e. The standard InChI is InChI=1S/C20H21N3O2S2/c1-26-13-14-2-4-15(5-3-14)19(24)21-16-6-7-17-18(12-16)27-20(22-17)23-8-10-25-11-9-23/h2-7,12H,8-11,13H2,1H3,(H,21,24). The summed E-state index contributed by atoms with van der Waals surface area (Å²) in [5.74, 6) is 0.859. The summed E-state index contributed by atoms with van der Waals surface area (Å²) < 4.78 is 6.48. The largest absolute Gasteiger partial charge is 0.378 e. The third-order valence-corrected chi connectivity index (χ3v) is 6.14. The van der Waals surface area contributed by atoms with Gasteiger partial charge in [-0.3, -0.25) is 4.79 Å². The van der Waals surface area contributed by atoms with Gasteiger partial charge in [0.15, 0.2) is 5.13 Å². The molecule has 0 spiro atoms. The second kappa shape index (κ2) is 8.29. The summed E-state index contributed by atoms with van der Waals surface area (Å²) in [7, 11) is 0. The molecule has 1 N–H and O–H groups in total. The van der Waals surface area contributed by atoms with E-state index in [1.165, 1.54) is 5.56 Å². The molecule has 3 aromatic rings. The fourth-order valence-electron chi connectivity index (χ4n) is 3.00. The lowest BCUT2D eigenvalue weighted by Crippen LogP contribution is -2.36. The van der Waals surface area contributed by atoms with Crippen LogP contribution in [0.5, 0.6) is 0 Å². The molecule has 2 aromatic carbocycles. The third-order valence-electron chi connectivity index (χ3n) is 4.44. The van der Waals surface area contributed by atoms with Crippen molar-refractivity contribution in [1.82, 2.24) is 4.98 Å². The molecule has 1 aromatic heterocycles. The first-order valence-electron chi connectivity index (χ1n) is 8.85. The molecule has 1 aliphatic heterocycles. The molecule has 0 atom stereocenters. The van der Waals surface area contributed by atoms with Gasteiger partial charge in [-0.05, 0) is 42.2 Å². The van der Waals surface area contributed by atoms with Crippen molar-refractivity contribution in [3.8, 4) is 0 Å². The molecule has 1 amide bonds. The van der Waals surface area contributed by atoms with Gasteiger partial charge in [-0.1, -0.05) is 23.5 Å². The van der Waals surface area contributed by atoms with Crippen LogP contribution in [0.3, 0.4) is 0 Å². The first-order valence-corrected chi connectivity index (χ1v) is 11.1. The van der Waals surface area contributed by atoms with Crippen molar-refractivity contribution in [2.24, 2.45) is 0 Å². The Kier molecular flexibility index (Phi) is 5.61. The number of morpholine rings is 1. The monoisotopic (exact) mass is 399 g/mol. The van der Waals surface area contributed by atoms with E-state index in [9.17, 15) is 4.79 Å². The van der Waals surface area contributed by atoms with Crippen LogP contribution in [-0.4, -0.2) is 43.5 Å². The van der Waals surface area contributed by atoms with Gasteiger partial charge < -0.3 is 15.0 Å². The number of thioether (sulfide) groups is 1. The lowest BCUT2D eigenvalue weighted by molar-refractivity contribution is 0.102. The van der Waals surface area contributed by atoms with Crippen molar-refractivity contribution < 1.29 is 9.53 Å². The lowest BCUT2D eigenvalue weighted by atomic mass is 10.1. The highest BCUT2D eigenvalue weighted by Crippen LogP contribution is 2.31. The van der Waals surface area contributed by atoms with Crippen LogP contribution in [0.2, 0.25) is 0 Å². The summed E-state index contributed by atoms with van der Waals surface area (Å²) in [5, 5.41) is 4.01. The topological polar surface area (TPSA) is 54.5 Å². The number of ether oxygens (including phenoxy) is 1. The highest BCUT2D eigenvalue weighted by atomic mass is 32.2. The maximum absolute atomic E-state index is 12.5. The Morgan fingerprint density at radius 1 is 1.22 bits per heavy atom. The number of carbonyl (C=O) groups excluding carboxylic acids is 1. The molecular weight excluding hydrogens is 378 g/mol. The van der Waals surface area contributed by atoms with E-state index in [1.807, 2.05) is 42.5 Å². The van der Waals surface area contributed by atoms with E-state index in [2.05, 4.69) is 16.5 Å². The number of anilines is 2. The van der Waals surface area contributed by atoms with Gasteiger partial charge in [0.2, 0.25) is 0 Å². The highest BCUT2D eigenvalue weighted by molar-refractivity contribution is 7.97. The molecule has 0 radical (unpaired) electrons. The predicted octanol–water partition coefficient (Wildman–Crippen LogP) is 4.25. The number of hydrogen-bond acceptors (Lipinski definition) is 6. The zero-order valence-corrected chi connectivity index (χ0v) is 16.7. The number of nitrogens with zero attached hydrogens (tertiary/aromatic N) is 2. The van der Waals surface area contributed by atoms with Gasteiger partial charge in [0.25, 0.3) is 5.91 Å². The smallest absolute Gasteiger partial charge is 0.255 e. The number of hydrogen-bond donors (Lipinski definition) is 1. The molecular formula is C20H21N3O2S2. The zero-order chi connectivity index (χ0) is 18.6. The number of thiazole rings is 1. The van der Waals surface area contributed by atoms with Crippen molar-refractivity contribution in [2.45, 2.75) is 5.75 Å². The summed E-state index contributed by atoms with van der Waals surface area (Å²) in [6.07, 6.45) is 2.07. The Morgan fingerprint density at radius 2 is 2.00 bits per heavy atom. The van der Waals surface area contributed by atoms with Gasteiger partial charge in [0.05, 0.1) is 23.4 Å². The number of nitrogens with one attached hydrogen (secondary N) is 1. The molecule has 0 saturated carbocycles. The van der Waals surface area contributed by atoms with Gasteiger partial charge in [0.1, 0.15) is 0 Å².